The molecule has 0 N–H and O–H groups in total. The summed E-state index contributed by atoms with van der Waals surface area (Å²) in [6, 6.07) is 3.51. The number of fused-ring (bicyclic) bond motifs is 1. The standard InChI is InChI=1S/C16H24N2O6S/c1-16(25)17-12-8-14(23-10-21-6-4-19-2)15(9-13(12)18-16)24-11-22-7-5-20-3/h8-9,25H,4-7,10-11H2,1-3H3. The minimum Gasteiger partial charge on any atom is -0.464 e. The highest BCUT2D eigenvalue weighted by Gasteiger charge is 2.21. The van der Waals surface area contributed by atoms with Gasteiger partial charge in [-0.25, -0.2) is 9.98 Å². The van der Waals surface area contributed by atoms with Crippen molar-refractivity contribution in [1.82, 2.24) is 0 Å². The van der Waals surface area contributed by atoms with Gasteiger partial charge in [-0.3, -0.25) is 0 Å². The Bertz CT molecular complexity index is 612. The molecule has 0 radical (unpaired) electrons. The minimum atomic E-state index is -0.790. The number of hydrogen-bond acceptors (Lipinski definition) is 9. The van der Waals surface area contributed by atoms with Crippen LogP contribution in [0.1, 0.15) is 6.92 Å². The summed E-state index contributed by atoms with van der Waals surface area (Å²) in [6.07, 6.45) is 0. The molecule has 2 rings (SSSR count). The molecule has 25 heavy (non-hydrogen) atoms. The summed E-state index contributed by atoms with van der Waals surface area (Å²) < 4.78 is 31.8. The van der Waals surface area contributed by atoms with Gasteiger partial charge in [-0.1, -0.05) is 0 Å². The molecular weight excluding hydrogens is 348 g/mol. The van der Waals surface area contributed by atoms with Crippen LogP contribution in [0.5, 0.6) is 11.5 Å². The van der Waals surface area contributed by atoms with Crippen molar-refractivity contribution in [2.45, 2.75) is 11.9 Å². The smallest absolute Gasteiger partial charge is 0.192 e. The van der Waals surface area contributed by atoms with Crippen molar-refractivity contribution in [2.75, 3.05) is 54.2 Å². The fraction of sp³-hybridized carbons (Fsp3) is 0.625. The molecule has 0 fully saturated rings. The normalized spacial score (nSPS) is 14.6. The van der Waals surface area contributed by atoms with Crippen LogP contribution in [0.25, 0.3) is 0 Å². The van der Waals surface area contributed by atoms with E-state index in [9.17, 15) is 0 Å². The summed E-state index contributed by atoms with van der Waals surface area (Å²) in [5.74, 6) is 0.994. The molecule has 1 aromatic carbocycles. The van der Waals surface area contributed by atoms with Gasteiger partial charge in [0.15, 0.2) is 30.1 Å². The van der Waals surface area contributed by atoms with Gasteiger partial charge in [0.2, 0.25) is 0 Å². The molecular formula is C16H24N2O6S. The number of nitrogens with zero attached hydrogens (tertiary/aromatic N) is 2. The number of ether oxygens (including phenoxy) is 6. The third-order valence-corrected chi connectivity index (χ3v) is 3.36. The van der Waals surface area contributed by atoms with Crippen molar-refractivity contribution >= 4 is 12.6 Å². The van der Waals surface area contributed by atoms with Crippen molar-refractivity contribution in [3.8, 4) is 11.5 Å². The van der Waals surface area contributed by atoms with Crippen LogP contribution < -0.4 is 20.2 Å². The molecule has 140 valence electrons. The lowest BCUT2D eigenvalue weighted by molar-refractivity contribution is -0.0208. The zero-order valence-corrected chi connectivity index (χ0v) is 15.6. The summed E-state index contributed by atoms with van der Waals surface area (Å²) in [6.45, 7) is 3.81. The molecule has 0 saturated heterocycles. The molecule has 0 amide bonds. The largest absolute Gasteiger partial charge is 0.464 e. The molecule has 0 spiro atoms. The molecule has 0 unspecified atom stereocenters. The topological polar surface area (TPSA) is 80.1 Å². The quantitative estimate of drug-likeness (QED) is 0.328. The predicted octanol–water partition coefficient (Wildman–Crippen LogP) is 0.542. The highest BCUT2D eigenvalue weighted by Crippen LogP contribution is 2.26. The first-order valence-electron chi connectivity index (χ1n) is 7.81. The second-order valence-corrected chi connectivity index (χ2v) is 6.16. The number of thiol groups is 1. The first-order chi connectivity index (χ1) is 12.1. The van der Waals surface area contributed by atoms with Gasteiger partial charge >= 0.3 is 0 Å². The molecule has 0 atom stereocenters. The van der Waals surface area contributed by atoms with E-state index in [2.05, 4.69) is 22.6 Å². The van der Waals surface area contributed by atoms with Crippen LogP contribution in [-0.2, 0) is 18.9 Å². The van der Waals surface area contributed by atoms with Gasteiger partial charge in [-0.15, -0.1) is 12.6 Å². The highest BCUT2D eigenvalue weighted by atomic mass is 32.1. The van der Waals surface area contributed by atoms with Gasteiger partial charge in [0.1, 0.15) is 0 Å². The van der Waals surface area contributed by atoms with Crippen LogP contribution in [0, 0.1) is 0 Å². The first kappa shape index (κ1) is 19.9. The lowest BCUT2D eigenvalue weighted by Crippen LogP contribution is -2.23. The van der Waals surface area contributed by atoms with Crippen LogP contribution in [-0.4, -0.2) is 59.2 Å². The van der Waals surface area contributed by atoms with E-state index >= 15 is 0 Å². The minimum absolute atomic E-state index is 0.0678. The van der Waals surface area contributed by atoms with Gasteiger partial charge in [0.05, 0.1) is 37.1 Å². The van der Waals surface area contributed by atoms with Crippen LogP contribution in [0.3, 0.4) is 0 Å². The zero-order valence-electron chi connectivity index (χ0n) is 14.7. The van der Waals surface area contributed by atoms with Crippen molar-refractivity contribution in [2.24, 2.45) is 9.98 Å². The van der Waals surface area contributed by atoms with E-state index in [-0.39, 0.29) is 13.6 Å². The van der Waals surface area contributed by atoms with E-state index in [1.54, 1.807) is 33.3 Å². The number of benzene rings is 1. The van der Waals surface area contributed by atoms with Crippen molar-refractivity contribution in [3.05, 3.63) is 22.8 Å². The lowest BCUT2D eigenvalue weighted by Gasteiger charge is -2.12. The van der Waals surface area contributed by atoms with Crippen LogP contribution in [0.4, 0.5) is 0 Å². The van der Waals surface area contributed by atoms with Gasteiger partial charge in [-0.2, -0.15) is 0 Å². The molecule has 0 saturated carbocycles. The van der Waals surface area contributed by atoms with E-state index in [4.69, 9.17) is 28.4 Å². The molecule has 0 bridgehead atoms. The summed E-state index contributed by atoms with van der Waals surface area (Å²) in [5, 5.41) is 1.38. The Morgan fingerprint density at radius 1 is 0.840 bits per heavy atom. The average Bonchev–Trinajstić information content (AvgIpc) is 2.87. The van der Waals surface area contributed by atoms with E-state index in [1.165, 1.54) is 0 Å². The number of methoxy groups -OCH3 is 2. The third-order valence-electron chi connectivity index (χ3n) is 3.16. The van der Waals surface area contributed by atoms with E-state index in [0.29, 0.717) is 48.6 Å². The van der Waals surface area contributed by atoms with Crippen LogP contribution in [0.15, 0.2) is 22.1 Å². The lowest BCUT2D eigenvalue weighted by atomic mass is 10.3. The third kappa shape index (κ3) is 6.44. The van der Waals surface area contributed by atoms with Gasteiger partial charge in [-0.05, 0) is 6.92 Å². The van der Waals surface area contributed by atoms with E-state index < -0.39 is 4.99 Å². The van der Waals surface area contributed by atoms with Crippen molar-refractivity contribution < 1.29 is 28.4 Å². The summed E-state index contributed by atoms with van der Waals surface area (Å²) in [4.78, 5) is 8.05. The van der Waals surface area contributed by atoms with Gasteiger partial charge < -0.3 is 28.4 Å². The Balaban J connectivity index is 2.05. The number of rotatable bonds is 12. The molecule has 1 aliphatic rings. The molecule has 8 nitrogen and oxygen atoms in total. The van der Waals surface area contributed by atoms with Gasteiger partial charge in [0, 0.05) is 26.4 Å². The Kier molecular flexibility index (Phi) is 7.91. The van der Waals surface area contributed by atoms with Crippen LogP contribution >= 0.6 is 12.6 Å². The first-order valence-corrected chi connectivity index (χ1v) is 8.25. The monoisotopic (exact) mass is 372 g/mol. The second kappa shape index (κ2) is 9.93. The van der Waals surface area contributed by atoms with Gasteiger partial charge in [0.25, 0.3) is 0 Å². The zero-order chi connectivity index (χ0) is 18.1. The highest BCUT2D eigenvalue weighted by molar-refractivity contribution is 7.81. The summed E-state index contributed by atoms with van der Waals surface area (Å²) in [7, 11) is 3.22. The van der Waals surface area contributed by atoms with Crippen molar-refractivity contribution in [1.29, 1.82) is 0 Å². The molecule has 1 aliphatic heterocycles. The molecule has 0 aliphatic carbocycles. The molecule has 1 heterocycles. The second-order valence-electron chi connectivity index (χ2n) is 5.31. The molecule has 9 heteroatoms. The summed E-state index contributed by atoms with van der Waals surface area (Å²) in [5.41, 5.74) is 0. The Hall–Kier alpha value is -1.39. The SMILES string of the molecule is COCCOCOc1cc2c(cc1OCOCCOC)=NC(C)(S)N=2. The molecule has 1 aromatic rings. The predicted molar refractivity (Wildman–Crippen MR) is 92.8 cm³/mol. The fourth-order valence-corrected chi connectivity index (χ4v) is 2.25. The average molecular weight is 372 g/mol. The Labute approximate surface area is 152 Å². The van der Waals surface area contributed by atoms with E-state index in [1.807, 2.05) is 0 Å². The maximum atomic E-state index is 5.65. The fourth-order valence-electron chi connectivity index (χ4n) is 2.04. The van der Waals surface area contributed by atoms with Crippen LogP contribution in [0.2, 0.25) is 0 Å². The molecule has 0 aromatic heterocycles. The number of hydrogen-bond donors (Lipinski definition) is 1. The summed E-state index contributed by atoms with van der Waals surface area (Å²) >= 11 is 4.39. The Morgan fingerprint density at radius 3 is 1.68 bits per heavy atom. The Morgan fingerprint density at radius 2 is 1.28 bits per heavy atom. The van der Waals surface area contributed by atoms with E-state index in [0.717, 1.165) is 0 Å². The maximum absolute atomic E-state index is 5.65. The maximum Gasteiger partial charge on any atom is 0.192 e. The van der Waals surface area contributed by atoms with Crippen molar-refractivity contribution in [3.63, 3.8) is 0 Å².